The van der Waals surface area contributed by atoms with Crippen LogP contribution in [0.3, 0.4) is 0 Å². The summed E-state index contributed by atoms with van der Waals surface area (Å²) in [6.07, 6.45) is 42.5. The van der Waals surface area contributed by atoms with Crippen LogP contribution in [-0.4, -0.2) is 59.9 Å². The highest BCUT2D eigenvalue weighted by atomic mass is 31.2. The van der Waals surface area contributed by atoms with Gasteiger partial charge >= 0.3 is 25.7 Å². The predicted molar refractivity (Wildman–Crippen MR) is 217 cm³/mol. The minimum absolute atomic E-state index is 0.128. The van der Waals surface area contributed by atoms with Gasteiger partial charge in [0, 0.05) is 12.8 Å². The van der Waals surface area contributed by atoms with Crippen molar-refractivity contribution in [1.82, 2.24) is 0 Å². The molecular formula is C42H70NO10P. The third kappa shape index (κ3) is 35.9. The van der Waals surface area contributed by atoms with Crippen LogP contribution in [0.5, 0.6) is 0 Å². The van der Waals surface area contributed by atoms with Gasteiger partial charge in [-0.2, -0.15) is 0 Å². The SMILES string of the molecule is CC/C=C/C=C/C=C/C=C/CCCCCCCC(=O)O[C@H](COC(=O)CCCCCCC/C=C/C/C=C/CCCCC)COP(=O)(O)OC[C@H](N)C(=O)O. The lowest BCUT2D eigenvalue weighted by molar-refractivity contribution is -0.161. The van der Waals surface area contributed by atoms with Crippen LogP contribution in [-0.2, 0) is 37.5 Å². The molecule has 0 saturated heterocycles. The smallest absolute Gasteiger partial charge is 0.472 e. The van der Waals surface area contributed by atoms with Crippen molar-refractivity contribution in [1.29, 1.82) is 0 Å². The number of esters is 2. The van der Waals surface area contributed by atoms with Gasteiger partial charge in [0.05, 0.1) is 13.2 Å². The van der Waals surface area contributed by atoms with Crippen LogP contribution < -0.4 is 5.73 Å². The second-order valence-electron chi connectivity index (χ2n) is 13.1. The molecule has 0 rings (SSSR count). The van der Waals surface area contributed by atoms with E-state index in [1.54, 1.807) is 0 Å². The van der Waals surface area contributed by atoms with Crippen molar-refractivity contribution in [2.75, 3.05) is 19.8 Å². The number of phosphoric ester groups is 1. The lowest BCUT2D eigenvalue weighted by atomic mass is 10.1. The maximum absolute atomic E-state index is 12.6. The number of hydrogen-bond donors (Lipinski definition) is 3. The standard InChI is InChI=1S/C42H70NO10P/c1-3-5-7-9-11-13-15-17-19-21-23-25-27-29-31-33-40(44)50-35-38(36-51-54(48,49)52-37-39(43)42(46)47)53-41(45)34-32-30-28-26-24-22-20-18-16-14-12-10-8-6-4-2/h6,8,10-14,16-20,38-39H,3-5,7,9,15,21-37,43H2,1-2H3,(H,46,47)(H,48,49)/b8-6+,12-10+,13-11+,16-14+,19-17+,20-18+/t38-,39+/m1/s1. The Kier molecular flexibility index (Phi) is 34.8. The zero-order chi connectivity index (χ0) is 40.0. The molecular weight excluding hydrogens is 709 g/mol. The van der Waals surface area contributed by atoms with E-state index in [9.17, 15) is 23.8 Å². The Morgan fingerprint density at radius 2 is 1.11 bits per heavy atom. The Morgan fingerprint density at radius 1 is 0.611 bits per heavy atom. The second kappa shape index (κ2) is 36.9. The molecule has 0 aromatic carbocycles. The number of hydrogen-bond acceptors (Lipinski definition) is 9. The Bertz CT molecular complexity index is 1190. The number of aliphatic carboxylic acids is 1. The van der Waals surface area contributed by atoms with E-state index in [0.717, 1.165) is 83.5 Å². The van der Waals surface area contributed by atoms with E-state index in [0.29, 0.717) is 12.8 Å². The number of allylic oxidation sites excluding steroid dienone is 12. The molecule has 12 heteroatoms. The molecule has 0 radical (unpaired) electrons. The summed E-state index contributed by atoms with van der Waals surface area (Å²) >= 11 is 0. The molecule has 0 aliphatic heterocycles. The van der Waals surface area contributed by atoms with Gasteiger partial charge in [-0.3, -0.25) is 23.4 Å². The van der Waals surface area contributed by atoms with Crippen molar-refractivity contribution in [2.45, 2.75) is 154 Å². The molecule has 0 amide bonds. The zero-order valence-corrected chi connectivity index (χ0v) is 33.9. The Morgan fingerprint density at radius 3 is 1.70 bits per heavy atom. The first kappa shape index (κ1) is 50.9. The molecule has 0 aliphatic carbocycles. The number of carbonyl (C=O) groups excluding carboxylic acids is 2. The minimum Gasteiger partial charge on any atom is -0.480 e. The highest BCUT2D eigenvalue weighted by Crippen LogP contribution is 2.43. The Hall–Kier alpha value is -3.08. The van der Waals surface area contributed by atoms with Crippen molar-refractivity contribution in [3.05, 3.63) is 72.9 Å². The predicted octanol–water partition coefficient (Wildman–Crippen LogP) is 10.2. The van der Waals surface area contributed by atoms with Gasteiger partial charge in [-0.25, -0.2) is 4.57 Å². The third-order valence-corrected chi connectivity index (χ3v) is 8.98. The summed E-state index contributed by atoms with van der Waals surface area (Å²) in [4.78, 5) is 45.8. The maximum Gasteiger partial charge on any atom is 0.472 e. The third-order valence-electron chi connectivity index (χ3n) is 8.03. The van der Waals surface area contributed by atoms with E-state index in [1.807, 2.05) is 36.5 Å². The number of phosphoric acid groups is 1. The summed E-state index contributed by atoms with van der Waals surface area (Å²) in [5, 5.41) is 8.87. The summed E-state index contributed by atoms with van der Waals surface area (Å²) < 4.78 is 32.6. The molecule has 0 bridgehead atoms. The number of carboxylic acids is 1. The second-order valence-corrected chi connectivity index (χ2v) is 14.6. The molecule has 0 aromatic heterocycles. The number of rotatable bonds is 36. The molecule has 3 atom stereocenters. The van der Waals surface area contributed by atoms with E-state index < -0.39 is 51.1 Å². The van der Waals surface area contributed by atoms with E-state index in [4.69, 9.17) is 24.8 Å². The van der Waals surface area contributed by atoms with Crippen LogP contribution in [0.15, 0.2) is 72.9 Å². The van der Waals surface area contributed by atoms with Crippen LogP contribution in [0, 0.1) is 0 Å². The zero-order valence-electron chi connectivity index (χ0n) is 33.0. The molecule has 54 heavy (non-hydrogen) atoms. The van der Waals surface area contributed by atoms with Gasteiger partial charge in [-0.15, -0.1) is 0 Å². The van der Waals surface area contributed by atoms with Crippen LogP contribution in [0.2, 0.25) is 0 Å². The number of carbonyl (C=O) groups is 3. The Labute approximate surface area is 325 Å². The van der Waals surface area contributed by atoms with Crippen molar-refractivity contribution >= 4 is 25.7 Å². The number of ether oxygens (including phenoxy) is 2. The molecule has 11 nitrogen and oxygen atoms in total. The lowest BCUT2D eigenvalue weighted by Crippen LogP contribution is -2.34. The monoisotopic (exact) mass is 779 g/mol. The molecule has 1 unspecified atom stereocenters. The highest BCUT2D eigenvalue weighted by Gasteiger charge is 2.28. The summed E-state index contributed by atoms with van der Waals surface area (Å²) in [6.45, 7) is 2.57. The maximum atomic E-state index is 12.6. The Balaban J connectivity index is 4.50. The van der Waals surface area contributed by atoms with Crippen molar-refractivity contribution < 1.29 is 47.5 Å². The number of carboxylic acid groups (broad SMARTS) is 1. The quantitative estimate of drug-likeness (QED) is 0.0182. The largest absolute Gasteiger partial charge is 0.480 e. The van der Waals surface area contributed by atoms with E-state index >= 15 is 0 Å². The van der Waals surface area contributed by atoms with Crippen LogP contribution >= 0.6 is 7.82 Å². The van der Waals surface area contributed by atoms with E-state index in [-0.39, 0.29) is 19.4 Å². The van der Waals surface area contributed by atoms with Gasteiger partial charge in [0.15, 0.2) is 6.10 Å². The molecule has 4 N–H and O–H groups in total. The van der Waals surface area contributed by atoms with Crippen molar-refractivity contribution in [2.24, 2.45) is 5.73 Å². The average Bonchev–Trinajstić information content (AvgIpc) is 3.14. The summed E-state index contributed by atoms with van der Waals surface area (Å²) in [6, 6.07) is -1.53. The normalized spacial score (nSPS) is 14.6. The van der Waals surface area contributed by atoms with Gasteiger partial charge < -0.3 is 25.2 Å². The van der Waals surface area contributed by atoms with E-state index in [1.165, 1.54) is 19.3 Å². The van der Waals surface area contributed by atoms with Crippen LogP contribution in [0.4, 0.5) is 0 Å². The topological polar surface area (TPSA) is 172 Å². The molecule has 0 aliphatic rings. The van der Waals surface area contributed by atoms with Gasteiger partial charge in [0.1, 0.15) is 12.6 Å². The first-order valence-electron chi connectivity index (χ1n) is 20.0. The molecule has 0 saturated carbocycles. The molecule has 0 spiro atoms. The summed E-state index contributed by atoms with van der Waals surface area (Å²) in [5.74, 6) is -2.44. The van der Waals surface area contributed by atoms with Gasteiger partial charge in [-0.05, 0) is 64.2 Å². The summed E-state index contributed by atoms with van der Waals surface area (Å²) in [5.41, 5.74) is 5.32. The number of nitrogens with two attached hydrogens (primary N) is 1. The van der Waals surface area contributed by atoms with Crippen LogP contribution in [0.25, 0.3) is 0 Å². The van der Waals surface area contributed by atoms with Gasteiger partial charge in [0.2, 0.25) is 0 Å². The molecule has 308 valence electrons. The van der Waals surface area contributed by atoms with Gasteiger partial charge in [-0.1, -0.05) is 138 Å². The van der Waals surface area contributed by atoms with E-state index in [2.05, 4.69) is 54.8 Å². The van der Waals surface area contributed by atoms with Crippen molar-refractivity contribution in [3.8, 4) is 0 Å². The first-order chi connectivity index (χ1) is 26.1. The fourth-order valence-electron chi connectivity index (χ4n) is 4.87. The highest BCUT2D eigenvalue weighted by molar-refractivity contribution is 7.47. The fraction of sp³-hybridized carbons (Fsp3) is 0.643. The first-order valence-corrected chi connectivity index (χ1v) is 21.5. The summed E-state index contributed by atoms with van der Waals surface area (Å²) in [7, 11) is -4.73. The number of unbranched alkanes of at least 4 members (excludes halogenated alkanes) is 13. The average molecular weight is 780 g/mol. The van der Waals surface area contributed by atoms with Crippen LogP contribution in [0.1, 0.15) is 142 Å². The molecule has 0 fully saturated rings. The van der Waals surface area contributed by atoms with Crippen molar-refractivity contribution in [3.63, 3.8) is 0 Å². The fourth-order valence-corrected chi connectivity index (χ4v) is 5.65. The lowest BCUT2D eigenvalue weighted by Gasteiger charge is -2.20. The van der Waals surface area contributed by atoms with Gasteiger partial charge in [0.25, 0.3) is 0 Å². The molecule has 0 heterocycles. The minimum atomic E-state index is -4.73. The molecule has 0 aromatic rings.